The molecule has 0 spiro atoms. The zero-order chi connectivity index (χ0) is 18.3. The van der Waals surface area contributed by atoms with Gasteiger partial charge in [-0.2, -0.15) is 0 Å². The van der Waals surface area contributed by atoms with Crippen LogP contribution >= 0.6 is 15.9 Å². The van der Waals surface area contributed by atoms with Crippen molar-refractivity contribution in [2.45, 2.75) is 19.0 Å². The Labute approximate surface area is 159 Å². The van der Waals surface area contributed by atoms with Crippen molar-refractivity contribution >= 4 is 44.9 Å². The minimum atomic E-state index is -0.0918. The van der Waals surface area contributed by atoms with E-state index in [1.165, 1.54) is 6.08 Å². The zero-order valence-corrected chi connectivity index (χ0v) is 15.8. The number of hydrogen-bond acceptors (Lipinski definition) is 3. The van der Waals surface area contributed by atoms with Gasteiger partial charge in [0, 0.05) is 58.9 Å². The first-order valence-electron chi connectivity index (χ1n) is 8.58. The number of nitrogens with zero attached hydrogens (tertiary/aromatic N) is 3. The lowest BCUT2D eigenvalue weighted by molar-refractivity contribution is -0.133. The second-order valence-corrected chi connectivity index (χ2v) is 7.52. The summed E-state index contributed by atoms with van der Waals surface area (Å²) in [7, 11) is 0. The Morgan fingerprint density at radius 1 is 1.38 bits per heavy atom. The van der Waals surface area contributed by atoms with Gasteiger partial charge in [0.2, 0.25) is 11.8 Å². The average molecular weight is 415 g/mol. The van der Waals surface area contributed by atoms with Crippen molar-refractivity contribution in [1.82, 2.24) is 14.8 Å². The Morgan fingerprint density at radius 2 is 2.19 bits per heavy atom. The molecule has 0 atom stereocenters. The molecule has 2 aromatic rings. The molecule has 134 valence electrons. The molecule has 26 heavy (non-hydrogen) atoms. The highest BCUT2D eigenvalue weighted by Gasteiger charge is 2.30. The van der Waals surface area contributed by atoms with Gasteiger partial charge in [0.15, 0.2) is 0 Å². The standard InChI is InChI=1S/C19H19BrN4O2/c1-2-19(26)23-9-13(10-23)22-18(25)11-24-16-4-3-12(20)7-14(16)15-8-21-6-5-17(15)24/h2-4,7-8,13H,1,5-6,9-11H2,(H,22,25). The van der Waals surface area contributed by atoms with E-state index in [0.29, 0.717) is 13.1 Å². The minimum Gasteiger partial charge on any atom is -0.348 e. The van der Waals surface area contributed by atoms with E-state index < -0.39 is 0 Å². The summed E-state index contributed by atoms with van der Waals surface area (Å²) in [4.78, 5) is 30.1. The van der Waals surface area contributed by atoms with E-state index in [9.17, 15) is 9.59 Å². The molecule has 7 heteroatoms. The number of amides is 2. The molecule has 1 fully saturated rings. The maximum atomic E-state index is 12.6. The molecule has 1 N–H and O–H groups in total. The first-order valence-corrected chi connectivity index (χ1v) is 9.37. The van der Waals surface area contributed by atoms with Gasteiger partial charge in [0.25, 0.3) is 0 Å². The molecule has 2 amide bonds. The Morgan fingerprint density at radius 3 is 2.96 bits per heavy atom. The number of aliphatic imine (C=N–C) groups is 1. The molecule has 1 aromatic carbocycles. The van der Waals surface area contributed by atoms with Crippen LogP contribution in [0.15, 0.2) is 40.3 Å². The van der Waals surface area contributed by atoms with Crippen LogP contribution in [0.1, 0.15) is 11.3 Å². The molecule has 1 saturated heterocycles. The largest absolute Gasteiger partial charge is 0.348 e. The summed E-state index contributed by atoms with van der Waals surface area (Å²) in [5.74, 6) is -0.128. The third-order valence-corrected chi connectivity index (χ3v) is 5.40. The molecule has 1 aromatic heterocycles. The Hall–Kier alpha value is -2.41. The van der Waals surface area contributed by atoms with Gasteiger partial charge in [-0.1, -0.05) is 22.5 Å². The summed E-state index contributed by atoms with van der Waals surface area (Å²) >= 11 is 3.52. The van der Waals surface area contributed by atoms with Crippen LogP contribution in [0.25, 0.3) is 10.9 Å². The number of benzene rings is 1. The Bertz CT molecular complexity index is 941. The molecule has 2 aliphatic rings. The lowest BCUT2D eigenvalue weighted by Gasteiger charge is -2.39. The number of nitrogens with one attached hydrogen (secondary N) is 1. The number of carbonyl (C=O) groups excluding carboxylic acids is 2. The fourth-order valence-electron chi connectivity index (χ4n) is 3.62. The van der Waals surface area contributed by atoms with Gasteiger partial charge in [0.1, 0.15) is 6.54 Å². The highest BCUT2D eigenvalue weighted by Crippen LogP contribution is 2.30. The van der Waals surface area contributed by atoms with Crippen LogP contribution in [0.2, 0.25) is 0 Å². The van der Waals surface area contributed by atoms with Crippen molar-refractivity contribution in [3.63, 3.8) is 0 Å². The maximum absolute atomic E-state index is 12.6. The second kappa shape index (κ2) is 6.72. The third kappa shape index (κ3) is 2.96. The number of carbonyl (C=O) groups is 2. The van der Waals surface area contributed by atoms with Crippen molar-refractivity contribution in [2.75, 3.05) is 19.6 Å². The van der Waals surface area contributed by atoms with Gasteiger partial charge in [-0.25, -0.2) is 0 Å². The molecule has 3 heterocycles. The molecular weight excluding hydrogens is 396 g/mol. The molecule has 4 rings (SSSR count). The lowest BCUT2D eigenvalue weighted by Crippen LogP contribution is -2.61. The quantitative estimate of drug-likeness (QED) is 0.776. The molecule has 6 nitrogen and oxygen atoms in total. The number of likely N-dealkylation sites (tertiary alicyclic amines) is 1. The predicted octanol–water partition coefficient (Wildman–Crippen LogP) is 1.89. The first kappa shape index (κ1) is 17.0. The number of halogens is 1. The fraction of sp³-hybridized carbons (Fsp3) is 0.316. The van der Waals surface area contributed by atoms with E-state index in [0.717, 1.165) is 39.6 Å². The summed E-state index contributed by atoms with van der Waals surface area (Å²) in [6, 6.07) is 6.11. The fourth-order valence-corrected chi connectivity index (χ4v) is 3.98. The van der Waals surface area contributed by atoms with E-state index in [1.54, 1.807) is 4.90 Å². The predicted molar refractivity (Wildman–Crippen MR) is 105 cm³/mol. The van der Waals surface area contributed by atoms with E-state index in [4.69, 9.17) is 0 Å². The molecule has 0 unspecified atom stereocenters. The first-order chi connectivity index (χ1) is 12.6. The van der Waals surface area contributed by atoms with Gasteiger partial charge in [-0.15, -0.1) is 0 Å². The topological polar surface area (TPSA) is 66.7 Å². The number of hydrogen-bond donors (Lipinski definition) is 1. The lowest BCUT2D eigenvalue weighted by atomic mass is 10.1. The van der Waals surface area contributed by atoms with Crippen LogP contribution in [-0.4, -0.2) is 53.2 Å². The number of aromatic nitrogens is 1. The van der Waals surface area contributed by atoms with Crippen LogP contribution in [0.5, 0.6) is 0 Å². The smallest absolute Gasteiger partial charge is 0.246 e. The van der Waals surface area contributed by atoms with Crippen LogP contribution in [0.3, 0.4) is 0 Å². The van der Waals surface area contributed by atoms with Gasteiger partial charge < -0.3 is 14.8 Å². The second-order valence-electron chi connectivity index (χ2n) is 6.61. The van der Waals surface area contributed by atoms with Gasteiger partial charge in [0.05, 0.1) is 6.04 Å². The molecule has 0 radical (unpaired) electrons. The van der Waals surface area contributed by atoms with Crippen molar-refractivity contribution in [2.24, 2.45) is 4.99 Å². The zero-order valence-electron chi connectivity index (χ0n) is 14.2. The number of fused-ring (bicyclic) bond motifs is 3. The maximum Gasteiger partial charge on any atom is 0.246 e. The van der Waals surface area contributed by atoms with Crippen molar-refractivity contribution < 1.29 is 9.59 Å². The molecule has 0 saturated carbocycles. The Balaban J connectivity index is 1.53. The summed E-state index contributed by atoms with van der Waals surface area (Å²) in [6.45, 7) is 5.58. The van der Waals surface area contributed by atoms with Crippen LogP contribution in [0, 0.1) is 0 Å². The SMILES string of the molecule is C=CC(=O)N1CC(NC(=O)Cn2c3c(c4cc(Br)ccc42)C=NCC3)C1. The van der Waals surface area contributed by atoms with Gasteiger partial charge in [-0.05, 0) is 24.3 Å². The van der Waals surface area contributed by atoms with Gasteiger partial charge >= 0.3 is 0 Å². The normalized spacial score (nSPS) is 16.3. The molecule has 0 bridgehead atoms. The van der Waals surface area contributed by atoms with Crippen LogP contribution in [-0.2, 0) is 22.6 Å². The molecule has 0 aliphatic carbocycles. The van der Waals surface area contributed by atoms with E-state index >= 15 is 0 Å². The van der Waals surface area contributed by atoms with Crippen molar-refractivity contribution in [1.29, 1.82) is 0 Å². The monoisotopic (exact) mass is 414 g/mol. The highest BCUT2D eigenvalue weighted by molar-refractivity contribution is 9.10. The Kier molecular flexibility index (Phi) is 4.40. The van der Waals surface area contributed by atoms with E-state index in [-0.39, 0.29) is 24.4 Å². The minimum absolute atomic E-state index is 0.0137. The summed E-state index contributed by atoms with van der Waals surface area (Å²) < 4.78 is 3.10. The highest BCUT2D eigenvalue weighted by atomic mass is 79.9. The van der Waals surface area contributed by atoms with E-state index in [2.05, 4.69) is 43.5 Å². The third-order valence-electron chi connectivity index (χ3n) is 4.91. The summed E-state index contributed by atoms with van der Waals surface area (Å²) in [5.41, 5.74) is 3.30. The van der Waals surface area contributed by atoms with E-state index in [1.807, 2.05) is 18.3 Å². The number of rotatable bonds is 4. The molecular formula is C19H19BrN4O2. The van der Waals surface area contributed by atoms with Crippen LogP contribution < -0.4 is 5.32 Å². The average Bonchev–Trinajstić information content (AvgIpc) is 2.90. The molecule has 2 aliphatic heterocycles. The van der Waals surface area contributed by atoms with Crippen LogP contribution in [0.4, 0.5) is 0 Å². The van der Waals surface area contributed by atoms with Gasteiger partial charge in [-0.3, -0.25) is 14.6 Å². The van der Waals surface area contributed by atoms with Crippen molar-refractivity contribution in [3.05, 3.63) is 46.6 Å². The summed E-state index contributed by atoms with van der Waals surface area (Å²) in [6.07, 6.45) is 4.04. The van der Waals surface area contributed by atoms with Crippen molar-refractivity contribution in [3.8, 4) is 0 Å². The summed E-state index contributed by atoms with van der Waals surface area (Å²) in [5, 5.41) is 4.12.